The summed E-state index contributed by atoms with van der Waals surface area (Å²) in [6, 6.07) is 1.36. The fourth-order valence-electron chi connectivity index (χ4n) is 0.818. The van der Waals surface area contributed by atoms with Crippen LogP contribution in [-0.2, 0) is 0 Å². The molecular formula is C8H8BrFN2O. The fourth-order valence-corrected chi connectivity index (χ4v) is 1.15. The third-order valence-electron chi connectivity index (χ3n) is 1.46. The molecule has 0 bridgehead atoms. The highest BCUT2D eigenvalue weighted by atomic mass is 79.9. The number of halogens is 2. The van der Waals surface area contributed by atoms with E-state index in [1.165, 1.54) is 11.0 Å². The molecule has 0 radical (unpaired) electrons. The largest absolute Gasteiger partial charge is 0.345 e. The van der Waals surface area contributed by atoms with Crippen molar-refractivity contribution in [2.45, 2.75) is 0 Å². The molecule has 70 valence electrons. The molecule has 13 heavy (non-hydrogen) atoms. The van der Waals surface area contributed by atoms with Crippen LogP contribution in [0.2, 0.25) is 0 Å². The van der Waals surface area contributed by atoms with Gasteiger partial charge in [0.05, 0.1) is 11.8 Å². The third-order valence-corrected chi connectivity index (χ3v) is 1.89. The van der Waals surface area contributed by atoms with Crippen LogP contribution in [0.5, 0.6) is 0 Å². The highest BCUT2D eigenvalue weighted by Gasteiger charge is 2.13. The highest BCUT2D eigenvalue weighted by Crippen LogP contribution is 2.13. The molecule has 0 aromatic carbocycles. The van der Waals surface area contributed by atoms with Crippen LogP contribution in [0.25, 0.3) is 0 Å². The lowest BCUT2D eigenvalue weighted by atomic mass is 10.2. The van der Waals surface area contributed by atoms with E-state index in [4.69, 9.17) is 0 Å². The number of amides is 1. The summed E-state index contributed by atoms with van der Waals surface area (Å²) in [6.45, 7) is 0. The van der Waals surface area contributed by atoms with E-state index >= 15 is 0 Å². The number of rotatable bonds is 1. The SMILES string of the molecule is CN(C)C(=O)c1cc(Br)ncc1F. The van der Waals surface area contributed by atoms with Gasteiger partial charge in [-0.15, -0.1) is 0 Å². The summed E-state index contributed by atoms with van der Waals surface area (Å²) in [5, 5.41) is 0. The summed E-state index contributed by atoms with van der Waals surface area (Å²) in [7, 11) is 3.13. The second-order valence-corrected chi connectivity index (χ2v) is 3.50. The van der Waals surface area contributed by atoms with Crippen molar-refractivity contribution in [2.75, 3.05) is 14.1 Å². The Morgan fingerprint density at radius 3 is 2.77 bits per heavy atom. The topological polar surface area (TPSA) is 33.2 Å². The fraction of sp³-hybridized carbons (Fsp3) is 0.250. The van der Waals surface area contributed by atoms with E-state index in [9.17, 15) is 9.18 Å². The lowest BCUT2D eigenvalue weighted by Crippen LogP contribution is -2.22. The van der Waals surface area contributed by atoms with E-state index in [1.54, 1.807) is 14.1 Å². The standard InChI is InChI=1S/C8H8BrFN2O/c1-12(2)8(13)5-3-7(9)11-4-6(5)10/h3-4H,1-2H3. The Bertz CT molecular complexity index is 341. The minimum absolute atomic E-state index is 0.0203. The molecule has 1 aromatic rings. The molecule has 0 saturated carbocycles. The van der Waals surface area contributed by atoms with Gasteiger partial charge in [0.2, 0.25) is 0 Å². The average molecular weight is 247 g/mol. The normalized spacial score (nSPS) is 9.85. The van der Waals surface area contributed by atoms with Crippen molar-refractivity contribution in [2.24, 2.45) is 0 Å². The Morgan fingerprint density at radius 1 is 1.62 bits per heavy atom. The van der Waals surface area contributed by atoms with Gasteiger partial charge in [0.15, 0.2) is 5.82 Å². The van der Waals surface area contributed by atoms with Crippen LogP contribution in [0.3, 0.4) is 0 Å². The van der Waals surface area contributed by atoms with Gasteiger partial charge in [-0.05, 0) is 22.0 Å². The summed E-state index contributed by atoms with van der Waals surface area (Å²) in [5.41, 5.74) is 0.0203. The molecule has 0 saturated heterocycles. The number of carbonyl (C=O) groups is 1. The van der Waals surface area contributed by atoms with Crippen LogP contribution in [0.15, 0.2) is 16.9 Å². The first-order valence-electron chi connectivity index (χ1n) is 3.55. The Hall–Kier alpha value is -0.970. The Balaban J connectivity index is 3.13. The predicted octanol–water partition coefficient (Wildman–Crippen LogP) is 1.69. The molecule has 0 spiro atoms. The minimum Gasteiger partial charge on any atom is -0.345 e. The maximum absolute atomic E-state index is 13.0. The molecule has 3 nitrogen and oxygen atoms in total. The first-order valence-corrected chi connectivity index (χ1v) is 4.34. The van der Waals surface area contributed by atoms with Crippen molar-refractivity contribution in [1.29, 1.82) is 0 Å². The van der Waals surface area contributed by atoms with Gasteiger partial charge >= 0.3 is 0 Å². The zero-order chi connectivity index (χ0) is 10.0. The van der Waals surface area contributed by atoms with Crippen molar-refractivity contribution >= 4 is 21.8 Å². The number of hydrogen-bond donors (Lipinski definition) is 0. The van der Waals surface area contributed by atoms with E-state index < -0.39 is 5.82 Å². The molecular weight excluding hydrogens is 239 g/mol. The van der Waals surface area contributed by atoms with E-state index in [0.717, 1.165) is 6.20 Å². The third kappa shape index (κ3) is 2.24. The molecule has 0 fully saturated rings. The lowest BCUT2D eigenvalue weighted by Gasteiger charge is -2.10. The number of aromatic nitrogens is 1. The zero-order valence-electron chi connectivity index (χ0n) is 7.21. The highest BCUT2D eigenvalue weighted by molar-refractivity contribution is 9.10. The van der Waals surface area contributed by atoms with Crippen molar-refractivity contribution in [3.05, 3.63) is 28.2 Å². The molecule has 0 N–H and O–H groups in total. The van der Waals surface area contributed by atoms with Gasteiger partial charge in [-0.2, -0.15) is 0 Å². The molecule has 1 aromatic heterocycles. The van der Waals surface area contributed by atoms with E-state index in [-0.39, 0.29) is 11.5 Å². The molecule has 5 heteroatoms. The summed E-state index contributed by atoms with van der Waals surface area (Å²) in [5.74, 6) is -0.984. The molecule has 0 aliphatic carbocycles. The number of nitrogens with zero attached hydrogens (tertiary/aromatic N) is 2. The van der Waals surface area contributed by atoms with E-state index in [0.29, 0.717) is 4.60 Å². The molecule has 1 amide bonds. The molecule has 1 heterocycles. The Morgan fingerprint density at radius 2 is 2.23 bits per heavy atom. The second kappa shape index (κ2) is 3.83. The van der Waals surface area contributed by atoms with Crippen molar-refractivity contribution in [3.8, 4) is 0 Å². The molecule has 0 aliphatic heterocycles. The van der Waals surface area contributed by atoms with E-state index in [1.807, 2.05) is 0 Å². The number of hydrogen-bond acceptors (Lipinski definition) is 2. The van der Waals surface area contributed by atoms with Crippen LogP contribution in [-0.4, -0.2) is 29.9 Å². The van der Waals surface area contributed by atoms with Crippen molar-refractivity contribution in [3.63, 3.8) is 0 Å². The van der Waals surface area contributed by atoms with Crippen LogP contribution in [0.1, 0.15) is 10.4 Å². The molecule has 1 rings (SSSR count). The van der Waals surface area contributed by atoms with Gasteiger partial charge in [-0.25, -0.2) is 9.37 Å². The lowest BCUT2D eigenvalue weighted by molar-refractivity contribution is 0.0823. The van der Waals surface area contributed by atoms with Crippen molar-refractivity contribution < 1.29 is 9.18 Å². The average Bonchev–Trinajstić information content (AvgIpc) is 2.08. The summed E-state index contributed by atoms with van der Waals surface area (Å²) < 4.78 is 13.5. The molecule has 0 aliphatic rings. The number of pyridine rings is 1. The van der Waals surface area contributed by atoms with Gasteiger partial charge in [0, 0.05) is 14.1 Å². The smallest absolute Gasteiger partial charge is 0.256 e. The van der Waals surface area contributed by atoms with E-state index in [2.05, 4.69) is 20.9 Å². The van der Waals surface area contributed by atoms with Gasteiger partial charge < -0.3 is 4.90 Å². The maximum atomic E-state index is 13.0. The monoisotopic (exact) mass is 246 g/mol. The van der Waals surface area contributed by atoms with Gasteiger partial charge in [0.1, 0.15) is 4.60 Å². The minimum atomic E-state index is -0.609. The quantitative estimate of drug-likeness (QED) is 0.707. The second-order valence-electron chi connectivity index (χ2n) is 2.69. The van der Waals surface area contributed by atoms with Crippen LogP contribution < -0.4 is 0 Å². The van der Waals surface area contributed by atoms with Crippen LogP contribution in [0.4, 0.5) is 4.39 Å². The van der Waals surface area contributed by atoms with Crippen LogP contribution in [0, 0.1) is 5.82 Å². The van der Waals surface area contributed by atoms with Gasteiger partial charge in [-0.3, -0.25) is 4.79 Å². The summed E-state index contributed by atoms with van der Waals surface area (Å²) >= 11 is 3.07. The Labute approximate surface area is 83.7 Å². The Kier molecular flexibility index (Phi) is 2.98. The number of carbonyl (C=O) groups excluding carboxylic acids is 1. The van der Waals surface area contributed by atoms with Gasteiger partial charge in [-0.1, -0.05) is 0 Å². The van der Waals surface area contributed by atoms with Crippen LogP contribution >= 0.6 is 15.9 Å². The summed E-state index contributed by atoms with van der Waals surface area (Å²) in [6.07, 6.45) is 1.01. The summed E-state index contributed by atoms with van der Waals surface area (Å²) in [4.78, 5) is 16.3. The van der Waals surface area contributed by atoms with Crippen molar-refractivity contribution in [1.82, 2.24) is 9.88 Å². The first kappa shape index (κ1) is 10.1. The first-order chi connectivity index (χ1) is 6.02. The molecule has 0 unspecified atom stereocenters. The van der Waals surface area contributed by atoms with Gasteiger partial charge in [0.25, 0.3) is 5.91 Å². The predicted molar refractivity (Wildman–Crippen MR) is 49.9 cm³/mol. The maximum Gasteiger partial charge on any atom is 0.256 e. The molecule has 0 atom stereocenters. The zero-order valence-corrected chi connectivity index (χ0v) is 8.80.